The molecule has 2 aliphatic rings. The van der Waals surface area contributed by atoms with E-state index in [2.05, 4.69) is 4.98 Å². The Hall–Kier alpha value is -3.16. The van der Waals surface area contributed by atoms with Crippen molar-refractivity contribution >= 4 is 12.0 Å². The Bertz CT molecular complexity index is 970. The van der Waals surface area contributed by atoms with Gasteiger partial charge in [-0.15, -0.1) is 0 Å². The highest BCUT2D eigenvalue weighted by Gasteiger charge is 2.37. The summed E-state index contributed by atoms with van der Waals surface area (Å²) >= 11 is 0. The van der Waals surface area contributed by atoms with Gasteiger partial charge in [0.25, 0.3) is 5.56 Å². The maximum Gasteiger partial charge on any atom is 0.410 e. The first-order valence-electron chi connectivity index (χ1n) is 8.77. The van der Waals surface area contributed by atoms with E-state index in [0.29, 0.717) is 17.1 Å². The monoisotopic (exact) mass is 368 g/mol. The van der Waals surface area contributed by atoms with Crippen LogP contribution in [0.1, 0.15) is 28.7 Å². The third-order valence-electron chi connectivity index (χ3n) is 5.20. The largest absolute Gasteiger partial charge is 0.447 e. The summed E-state index contributed by atoms with van der Waals surface area (Å²) in [5.41, 5.74) is 1.97. The van der Waals surface area contributed by atoms with Crippen molar-refractivity contribution in [3.63, 3.8) is 0 Å². The molecule has 1 fully saturated rings. The van der Waals surface area contributed by atoms with Crippen LogP contribution in [0.3, 0.4) is 0 Å². The predicted octanol–water partition coefficient (Wildman–Crippen LogP) is 1.12. The summed E-state index contributed by atoms with van der Waals surface area (Å²) < 4.78 is 6.64. The zero-order chi connectivity index (χ0) is 19.1. The molecular formula is C19H20N4O4. The quantitative estimate of drug-likeness (QED) is 0.811. The van der Waals surface area contributed by atoms with Crippen LogP contribution in [0.4, 0.5) is 4.79 Å². The van der Waals surface area contributed by atoms with Crippen LogP contribution < -0.4 is 5.56 Å². The van der Waals surface area contributed by atoms with E-state index in [9.17, 15) is 14.4 Å². The number of carbonyl (C=O) groups excluding carboxylic acids is 2. The molecule has 27 heavy (non-hydrogen) atoms. The number of benzene rings is 1. The lowest BCUT2D eigenvalue weighted by atomic mass is 10.1. The van der Waals surface area contributed by atoms with Crippen molar-refractivity contribution in [3.05, 3.63) is 63.3 Å². The number of aryl methyl sites for hydroxylation is 1. The van der Waals surface area contributed by atoms with Crippen LogP contribution in [0.5, 0.6) is 0 Å². The maximum atomic E-state index is 12.8. The van der Waals surface area contributed by atoms with Crippen LogP contribution in [-0.4, -0.2) is 44.5 Å². The van der Waals surface area contributed by atoms with Crippen LogP contribution in [0.2, 0.25) is 0 Å². The van der Waals surface area contributed by atoms with E-state index < -0.39 is 6.09 Å². The minimum Gasteiger partial charge on any atom is -0.447 e. The Kier molecular flexibility index (Phi) is 4.18. The molecule has 0 N–H and O–H groups in total. The minimum absolute atomic E-state index is 0.0916. The fraction of sp³-hybridized carbons (Fsp3) is 0.368. The van der Waals surface area contributed by atoms with Gasteiger partial charge < -0.3 is 9.64 Å². The highest BCUT2D eigenvalue weighted by atomic mass is 16.6. The van der Waals surface area contributed by atoms with Crippen molar-refractivity contribution < 1.29 is 14.3 Å². The van der Waals surface area contributed by atoms with Gasteiger partial charge in [0.2, 0.25) is 5.91 Å². The molecule has 2 aromatic rings. The molecule has 4 rings (SSSR count). The fourth-order valence-electron chi connectivity index (χ4n) is 3.53. The smallest absolute Gasteiger partial charge is 0.410 e. The van der Waals surface area contributed by atoms with E-state index in [-0.39, 0.29) is 43.7 Å². The molecule has 1 saturated heterocycles. The molecule has 8 nitrogen and oxygen atoms in total. The van der Waals surface area contributed by atoms with Crippen molar-refractivity contribution in [2.75, 3.05) is 13.2 Å². The van der Waals surface area contributed by atoms with Crippen LogP contribution >= 0.6 is 0 Å². The number of carbonyl (C=O) groups is 2. The molecule has 0 bridgehead atoms. The molecule has 1 aromatic carbocycles. The lowest BCUT2D eigenvalue weighted by Crippen LogP contribution is -2.39. The number of hydrogen-bond donors (Lipinski definition) is 0. The molecule has 0 aliphatic carbocycles. The van der Waals surface area contributed by atoms with Gasteiger partial charge in [0.1, 0.15) is 19.0 Å². The topological polar surface area (TPSA) is 84.7 Å². The number of aromatic nitrogens is 2. The summed E-state index contributed by atoms with van der Waals surface area (Å²) in [7, 11) is 1.67. The Morgan fingerprint density at radius 3 is 2.70 bits per heavy atom. The Balaban J connectivity index is 1.52. The van der Waals surface area contributed by atoms with Crippen molar-refractivity contribution in [2.45, 2.75) is 26.1 Å². The number of nitrogens with zero attached hydrogens (tertiary/aromatic N) is 4. The maximum absolute atomic E-state index is 12.8. The second-order valence-electron chi connectivity index (χ2n) is 6.83. The first-order valence-corrected chi connectivity index (χ1v) is 8.77. The van der Waals surface area contributed by atoms with Crippen LogP contribution in [0.15, 0.2) is 35.1 Å². The van der Waals surface area contributed by atoms with E-state index in [1.54, 1.807) is 18.9 Å². The third-order valence-corrected chi connectivity index (χ3v) is 5.20. The second kappa shape index (κ2) is 6.53. The molecule has 3 heterocycles. The summed E-state index contributed by atoms with van der Waals surface area (Å²) in [6.45, 7) is 2.39. The molecule has 0 spiro atoms. The number of fused-ring (bicyclic) bond motifs is 1. The molecule has 2 aliphatic heterocycles. The number of rotatable bonds is 3. The van der Waals surface area contributed by atoms with Gasteiger partial charge in [0.05, 0.1) is 30.4 Å². The summed E-state index contributed by atoms with van der Waals surface area (Å²) in [6, 6.07) is 9.20. The van der Waals surface area contributed by atoms with Gasteiger partial charge in [0, 0.05) is 7.05 Å². The van der Waals surface area contributed by atoms with Crippen molar-refractivity contribution in [2.24, 2.45) is 7.05 Å². The Morgan fingerprint density at radius 2 is 1.96 bits per heavy atom. The molecule has 0 unspecified atom stereocenters. The van der Waals surface area contributed by atoms with Crippen LogP contribution in [0.25, 0.3) is 0 Å². The van der Waals surface area contributed by atoms with Gasteiger partial charge in [-0.25, -0.2) is 9.78 Å². The number of cyclic esters (lactones) is 1. The molecule has 8 heteroatoms. The van der Waals surface area contributed by atoms with Crippen molar-refractivity contribution in [1.29, 1.82) is 0 Å². The average molecular weight is 368 g/mol. The molecule has 140 valence electrons. The van der Waals surface area contributed by atoms with Gasteiger partial charge >= 0.3 is 6.09 Å². The fourth-order valence-corrected chi connectivity index (χ4v) is 3.53. The summed E-state index contributed by atoms with van der Waals surface area (Å²) in [6.07, 6.45) is -0.501. The van der Waals surface area contributed by atoms with Crippen molar-refractivity contribution in [3.8, 4) is 0 Å². The van der Waals surface area contributed by atoms with Gasteiger partial charge in [-0.3, -0.25) is 19.1 Å². The highest BCUT2D eigenvalue weighted by Crippen LogP contribution is 2.28. The molecular weight excluding hydrogens is 348 g/mol. The molecule has 1 aromatic heterocycles. The van der Waals surface area contributed by atoms with E-state index in [0.717, 1.165) is 5.56 Å². The van der Waals surface area contributed by atoms with Crippen LogP contribution in [-0.2, 0) is 29.7 Å². The predicted molar refractivity (Wildman–Crippen MR) is 95.7 cm³/mol. The SMILES string of the molecule is Cc1nc2c(c(=O)n1C)CN(C(=O)CN1C(=O)OC[C@@H]1c1ccccc1)C2. The van der Waals surface area contributed by atoms with E-state index in [1.165, 1.54) is 9.47 Å². The van der Waals surface area contributed by atoms with E-state index >= 15 is 0 Å². The summed E-state index contributed by atoms with van der Waals surface area (Å²) in [4.78, 5) is 44.8. The molecule has 0 radical (unpaired) electrons. The summed E-state index contributed by atoms with van der Waals surface area (Å²) in [5, 5.41) is 0. The number of hydrogen-bond acceptors (Lipinski definition) is 5. The zero-order valence-corrected chi connectivity index (χ0v) is 15.2. The number of ether oxygens (including phenoxy) is 1. The Morgan fingerprint density at radius 1 is 1.22 bits per heavy atom. The van der Waals surface area contributed by atoms with Crippen molar-refractivity contribution in [1.82, 2.24) is 19.4 Å². The lowest BCUT2D eigenvalue weighted by molar-refractivity contribution is -0.132. The average Bonchev–Trinajstić information content (AvgIpc) is 3.25. The normalized spacial score (nSPS) is 18.6. The van der Waals surface area contributed by atoms with Gasteiger partial charge in [-0.2, -0.15) is 0 Å². The lowest BCUT2D eigenvalue weighted by Gasteiger charge is -2.24. The second-order valence-corrected chi connectivity index (χ2v) is 6.83. The zero-order valence-electron chi connectivity index (χ0n) is 15.2. The van der Waals surface area contributed by atoms with E-state index in [1.807, 2.05) is 30.3 Å². The molecule has 1 atom stereocenters. The molecule has 2 amide bonds. The number of amides is 2. The highest BCUT2D eigenvalue weighted by molar-refractivity contribution is 5.83. The van der Waals surface area contributed by atoms with Gasteiger partial charge in [-0.05, 0) is 12.5 Å². The minimum atomic E-state index is -0.501. The van der Waals surface area contributed by atoms with E-state index in [4.69, 9.17) is 4.74 Å². The Labute approximate surface area is 156 Å². The van der Waals surface area contributed by atoms with Gasteiger partial charge in [-0.1, -0.05) is 30.3 Å². The molecule has 0 saturated carbocycles. The summed E-state index contributed by atoms with van der Waals surface area (Å²) in [5.74, 6) is 0.382. The standard InChI is InChI=1S/C19H20N4O4/c1-12-20-15-9-22(8-14(15)18(25)21(12)2)17(24)10-23-16(11-27-19(23)26)13-6-4-3-5-7-13/h3-7,16H,8-11H2,1-2H3/t16-/m1/s1. The first kappa shape index (κ1) is 17.3. The third kappa shape index (κ3) is 2.97. The van der Waals surface area contributed by atoms with Gasteiger partial charge in [0.15, 0.2) is 0 Å². The van der Waals surface area contributed by atoms with Crippen LogP contribution in [0, 0.1) is 6.92 Å². The first-order chi connectivity index (χ1) is 13.0.